The summed E-state index contributed by atoms with van der Waals surface area (Å²) in [6.45, 7) is 2.11. The van der Waals surface area contributed by atoms with Crippen molar-refractivity contribution in [2.24, 2.45) is 0 Å². The summed E-state index contributed by atoms with van der Waals surface area (Å²) in [6, 6.07) is 20.6. The van der Waals surface area contributed by atoms with E-state index in [9.17, 15) is 10.1 Å². The Morgan fingerprint density at radius 2 is 1.66 bits per heavy atom. The van der Waals surface area contributed by atoms with Gasteiger partial charge in [-0.2, -0.15) is 0 Å². The maximum absolute atomic E-state index is 11.2. The molecule has 5 rings (SSSR count). The third-order valence-electron chi connectivity index (χ3n) is 5.40. The molecule has 0 aliphatic heterocycles. The predicted molar refractivity (Wildman–Crippen MR) is 118 cm³/mol. The monoisotopic (exact) mass is 401 g/mol. The molecule has 0 saturated carbocycles. The molecule has 5 heteroatoms. The van der Waals surface area contributed by atoms with Gasteiger partial charge in [-0.15, -0.1) is 0 Å². The highest BCUT2D eigenvalue weighted by atomic mass is 35.5. The Hall–Kier alpha value is -3.37. The number of aryl methyl sites for hydroxylation is 1. The summed E-state index contributed by atoms with van der Waals surface area (Å²) in [7, 11) is 0. The van der Waals surface area contributed by atoms with Crippen molar-refractivity contribution < 1.29 is 9.66 Å². The van der Waals surface area contributed by atoms with Gasteiger partial charge in [0.25, 0.3) is 5.69 Å². The number of non-ortho nitro benzene ring substituents is 1. The molecule has 0 heterocycles. The molecule has 0 unspecified atom stereocenters. The van der Waals surface area contributed by atoms with Crippen LogP contribution in [0, 0.1) is 10.1 Å². The highest BCUT2D eigenvalue weighted by molar-refractivity contribution is 6.39. The minimum absolute atomic E-state index is 0.00614. The molecule has 142 valence electrons. The molecule has 0 saturated heterocycles. The lowest BCUT2D eigenvalue weighted by Crippen LogP contribution is -1.95. The first-order valence-corrected chi connectivity index (χ1v) is 9.76. The second-order valence-corrected chi connectivity index (χ2v) is 7.45. The van der Waals surface area contributed by atoms with Crippen molar-refractivity contribution in [3.63, 3.8) is 0 Å². The third-order valence-corrected chi connectivity index (χ3v) is 5.73. The Bertz CT molecular complexity index is 1410. The Morgan fingerprint density at radius 1 is 0.931 bits per heavy atom. The molecule has 0 N–H and O–H groups in total. The minimum atomic E-state index is -0.423. The highest BCUT2D eigenvalue weighted by Crippen LogP contribution is 2.44. The number of nitrogens with zero attached hydrogens (tertiary/aromatic N) is 1. The fraction of sp³-hybridized carbons (Fsp3) is 0.0833. The standard InChI is InChI=1S/C24H16ClNO3/c1-2-14-6-7-16-9-8-15-10-11-20(25)19-13-21(23(14)24(16)22(15)19)29-18-5-3-4-17(12-18)26(27)28/h3-13H,2H2,1H3. The molecule has 0 fully saturated rings. The SMILES string of the molecule is CCc1ccc2ccc3ccc(Cl)c4cc(Oc5cccc([N+](=O)[O-])c5)c1c2c34. The van der Waals surface area contributed by atoms with E-state index in [1.165, 1.54) is 12.1 Å². The van der Waals surface area contributed by atoms with Gasteiger partial charge in [-0.25, -0.2) is 0 Å². The summed E-state index contributed by atoms with van der Waals surface area (Å²) < 4.78 is 6.22. The summed E-state index contributed by atoms with van der Waals surface area (Å²) >= 11 is 6.55. The molecular formula is C24H16ClNO3. The van der Waals surface area contributed by atoms with Gasteiger partial charge in [0.2, 0.25) is 0 Å². The fourth-order valence-electron chi connectivity index (χ4n) is 4.07. The van der Waals surface area contributed by atoms with Crippen LogP contribution >= 0.6 is 11.6 Å². The van der Waals surface area contributed by atoms with Gasteiger partial charge in [0, 0.05) is 27.2 Å². The van der Waals surface area contributed by atoms with E-state index in [0.29, 0.717) is 16.5 Å². The van der Waals surface area contributed by atoms with Crippen molar-refractivity contribution in [2.75, 3.05) is 0 Å². The molecule has 0 spiro atoms. The van der Waals surface area contributed by atoms with Gasteiger partial charge in [0.05, 0.1) is 11.0 Å². The summed E-state index contributed by atoms with van der Waals surface area (Å²) in [4.78, 5) is 10.7. The van der Waals surface area contributed by atoms with Crippen molar-refractivity contribution in [1.82, 2.24) is 0 Å². The Labute approximate surface area is 171 Å². The predicted octanol–water partition coefficient (Wildman–Crippen LogP) is 7.50. The van der Waals surface area contributed by atoms with E-state index in [2.05, 4.69) is 31.2 Å². The second-order valence-electron chi connectivity index (χ2n) is 7.04. The van der Waals surface area contributed by atoms with Crippen molar-refractivity contribution in [2.45, 2.75) is 13.3 Å². The maximum Gasteiger partial charge on any atom is 0.273 e. The largest absolute Gasteiger partial charge is 0.456 e. The van der Waals surface area contributed by atoms with Crippen molar-refractivity contribution in [1.29, 1.82) is 0 Å². The second kappa shape index (κ2) is 6.61. The van der Waals surface area contributed by atoms with Gasteiger partial charge >= 0.3 is 0 Å². The van der Waals surface area contributed by atoms with Gasteiger partial charge in [0.15, 0.2) is 0 Å². The first kappa shape index (κ1) is 17.7. The van der Waals surface area contributed by atoms with E-state index < -0.39 is 4.92 Å². The molecule has 0 aliphatic carbocycles. The van der Waals surface area contributed by atoms with Crippen molar-refractivity contribution in [3.05, 3.63) is 87.4 Å². The van der Waals surface area contributed by atoms with Gasteiger partial charge in [-0.05, 0) is 46.3 Å². The normalized spacial score (nSPS) is 11.5. The van der Waals surface area contributed by atoms with E-state index in [4.69, 9.17) is 16.3 Å². The van der Waals surface area contributed by atoms with Gasteiger partial charge in [0.1, 0.15) is 11.5 Å². The Balaban J connectivity index is 1.86. The number of halogens is 1. The van der Waals surface area contributed by atoms with Gasteiger partial charge in [-0.1, -0.05) is 54.9 Å². The zero-order valence-electron chi connectivity index (χ0n) is 15.6. The van der Waals surface area contributed by atoms with E-state index >= 15 is 0 Å². The number of nitro benzene ring substituents is 1. The lowest BCUT2D eigenvalue weighted by molar-refractivity contribution is -0.384. The van der Waals surface area contributed by atoms with Crippen LogP contribution in [0.3, 0.4) is 0 Å². The third kappa shape index (κ3) is 2.76. The van der Waals surface area contributed by atoms with Gasteiger partial charge < -0.3 is 4.74 Å². The fourth-order valence-corrected chi connectivity index (χ4v) is 4.28. The van der Waals surface area contributed by atoms with Crippen molar-refractivity contribution in [3.8, 4) is 11.5 Å². The topological polar surface area (TPSA) is 52.4 Å². The van der Waals surface area contributed by atoms with Crippen LogP contribution in [0.25, 0.3) is 32.3 Å². The number of hydrogen-bond donors (Lipinski definition) is 0. The van der Waals surface area contributed by atoms with Crippen LogP contribution in [0.4, 0.5) is 5.69 Å². The Morgan fingerprint density at radius 3 is 2.41 bits per heavy atom. The lowest BCUT2D eigenvalue weighted by atomic mass is 9.90. The van der Waals surface area contributed by atoms with E-state index in [0.717, 1.165) is 44.3 Å². The average Bonchev–Trinajstić information content (AvgIpc) is 2.74. The van der Waals surface area contributed by atoms with Crippen LogP contribution in [0.1, 0.15) is 12.5 Å². The van der Waals surface area contributed by atoms with E-state index in [1.807, 2.05) is 18.2 Å². The summed E-state index contributed by atoms with van der Waals surface area (Å²) in [5.41, 5.74) is 1.15. The number of ether oxygens (including phenoxy) is 1. The van der Waals surface area contributed by atoms with E-state index in [-0.39, 0.29) is 5.69 Å². The number of nitro groups is 1. The molecule has 5 aromatic rings. The highest BCUT2D eigenvalue weighted by Gasteiger charge is 2.18. The first-order chi connectivity index (χ1) is 14.1. The van der Waals surface area contributed by atoms with Crippen molar-refractivity contribution >= 4 is 49.6 Å². The summed E-state index contributed by atoms with van der Waals surface area (Å²) in [6.07, 6.45) is 0.840. The van der Waals surface area contributed by atoms with Crippen LogP contribution in [0.5, 0.6) is 11.5 Å². The number of hydrogen-bond acceptors (Lipinski definition) is 3. The molecule has 4 nitrogen and oxygen atoms in total. The minimum Gasteiger partial charge on any atom is -0.456 e. The zero-order chi connectivity index (χ0) is 20.1. The van der Waals surface area contributed by atoms with Crippen LogP contribution in [0.15, 0.2) is 66.7 Å². The van der Waals surface area contributed by atoms with Crippen LogP contribution in [-0.2, 0) is 6.42 Å². The molecule has 0 aliphatic rings. The smallest absolute Gasteiger partial charge is 0.273 e. The molecule has 0 radical (unpaired) electrons. The Kier molecular flexibility index (Phi) is 4.03. The average molecular weight is 402 g/mol. The molecule has 0 bridgehead atoms. The molecular weight excluding hydrogens is 386 g/mol. The van der Waals surface area contributed by atoms with Crippen LogP contribution in [0.2, 0.25) is 5.02 Å². The summed E-state index contributed by atoms with van der Waals surface area (Å²) in [5, 5.41) is 18.2. The molecule has 0 atom stereocenters. The zero-order valence-corrected chi connectivity index (χ0v) is 16.4. The van der Waals surface area contributed by atoms with E-state index in [1.54, 1.807) is 12.1 Å². The van der Waals surface area contributed by atoms with Gasteiger partial charge in [-0.3, -0.25) is 10.1 Å². The molecule has 0 aromatic heterocycles. The molecule has 5 aromatic carbocycles. The number of rotatable bonds is 4. The summed E-state index contributed by atoms with van der Waals surface area (Å²) in [5.74, 6) is 1.08. The molecule has 29 heavy (non-hydrogen) atoms. The van der Waals surface area contributed by atoms with Crippen LogP contribution in [-0.4, -0.2) is 4.92 Å². The first-order valence-electron chi connectivity index (χ1n) is 9.38. The number of benzene rings is 5. The van der Waals surface area contributed by atoms with Crippen LogP contribution < -0.4 is 4.74 Å². The molecule has 0 amide bonds. The maximum atomic E-state index is 11.2. The lowest BCUT2D eigenvalue weighted by Gasteiger charge is -2.18. The quantitative estimate of drug-likeness (QED) is 0.178.